The molecule has 3 N–H and O–H groups in total. The van der Waals surface area contributed by atoms with E-state index >= 15 is 0 Å². The molecule has 0 amide bonds. The van der Waals surface area contributed by atoms with Gasteiger partial charge < -0.3 is 5.73 Å². The zero-order valence-electron chi connectivity index (χ0n) is 11.2. The topological polar surface area (TPSA) is 41.3 Å². The fraction of sp³-hybridized carbons (Fsp3) is 0.125. The zero-order chi connectivity index (χ0) is 14.1. The summed E-state index contributed by atoms with van der Waals surface area (Å²) in [6.45, 7) is 2.12. The Kier molecular flexibility index (Phi) is 3.38. The summed E-state index contributed by atoms with van der Waals surface area (Å²) in [7, 11) is 0. The van der Waals surface area contributed by atoms with Gasteiger partial charge in [0, 0.05) is 11.9 Å². The first-order chi connectivity index (χ1) is 9.65. The Morgan fingerprint density at radius 3 is 2.70 bits per heavy atom. The minimum Gasteiger partial charge on any atom is -0.399 e. The normalized spacial score (nSPS) is 18.2. The van der Waals surface area contributed by atoms with Crippen molar-refractivity contribution in [1.82, 2.24) is 5.43 Å². The predicted octanol–water partition coefficient (Wildman–Crippen LogP) is 3.68. The number of para-hydroxylation sites is 1. The lowest BCUT2D eigenvalue weighted by molar-refractivity contribution is 0.691. The van der Waals surface area contributed by atoms with Gasteiger partial charge in [-0.05, 0) is 42.3 Å². The number of nitrogen functional groups attached to an aromatic ring is 1. The molecule has 0 radical (unpaired) electrons. The molecule has 20 heavy (non-hydrogen) atoms. The maximum Gasteiger partial charge on any atom is 0.0757 e. The summed E-state index contributed by atoms with van der Waals surface area (Å²) in [5, 5.41) is 2.68. The van der Waals surface area contributed by atoms with Gasteiger partial charge in [0.2, 0.25) is 0 Å². The molecule has 0 fully saturated rings. The van der Waals surface area contributed by atoms with Crippen molar-refractivity contribution in [2.75, 3.05) is 10.7 Å². The van der Waals surface area contributed by atoms with Crippen LogP contribution in [-0.2, 0) is 0 Å². The van der Waals surface area contributed by atoms with Crippen LogP contribution in [-0.4, -0.2) is 6.04 Å². The van der Waals surface area contributed by atoms with Gasteiger partial charge in [-0.25, -0.2) is 5.43 Å². The number of nitrogens with two attached hydrogens (primary N) is 1. The number of nitrogens with zero attached hydrogens (tertiary/aromatic N) is 1. The van der Waals surface area contributed by atoms with E-state index in [0.717, 1.165) is 22.0 Å². The van der Waals surface area contributed by atoms with Crippen LogP contribution in [0, 0.1) is 0 Å². The second-order valence-corrected chi connectivity index (χ2v) is 5.29. The molecular formula is C16H16ClN3. The van der Waals surface area contributed by atoms with Crippen LogP contribution in [0.3, 0.4) is 0 Å². The molecule has 2 aromatic rings. The van der Waals surface area contributed by atoms with E-state index in [1.165, 1.54) is 5.57 Å². The lowest BCUT2D eigenvalue weighted by atomic mass is 10.0. The van der Waals surface area contributed by atoms with Gasteiger partial charge in [-0.1, -0.05) is 35.9 Å². The molecule has 0 saturated heterocycles. The summed E-state index contributed by atoms with van der Waals surface area (Å²) in [6.07, 6.45) is 2.07. The van der Waals surface area contributed by atoms with Gasteiger partial charge in [0.05, 0.1) is 16.8 Å². The van der Waals surface area contributed by atoms with Crippen LogP contribution in [0.4, 0.5) is 11.4 Å². The lowest BCUT2D eigenvalue weighted by Crippen LogP contribution is -2.34. The lowest BCUT2D eigenvalue weighted by Gasteiger charge is -2.19. The second kappa shape index (κ2) is 5.19. The summed E-state index contributed by atoms with van der Waals surface area (Å²) in [6, 6.07) is 15.9. The Morgan fingerprint density at radius 2 is 1.95 bits per heavy atom. The highest BCUT2D eigenvalue weighted by atomic mass is 35.5. The van der Waals surface area contributed by atoms with Crippen molar-refractivity contribution < 1.29 is 0 Å². The van der Waals surface area contributed by atoms with Crippen LogP contribution in [0.25, 0.3) is 5.57 Å². The summed E-state index contributed by atoms with van der Waals surface area (Å²) >= 11 is 6.24. The summed E-state index contributed by atoms with van der Waals surface area (Å²) in [5.41, 5.74) is 13.3. The Balaban J connectivity index is 1.97. The van der Waals surface area contributed by atoms with Crippen molar-refractivity contribution in [2.45, 2.75) is 13.0 Å². The third kappa shape index (κ3) is 2.38. The van der Waals surface area contributed by atoms with Crippen molar-refractivity contribution in [3.8, 4) is 0 Å². The number of hydrogen-bond acceptors (Lipinski definition) is 3. The number of nitrogens with one attached hydrogen (secondary N) is 1. The predicted molar refractivity (Wildman–Crippen MR) is 85.4 cm³/mol. The number of hydrazine groups is 1. The molecule has 0 saturated carbocycles. The summed E-state index contributed by atoms with van der Waals surface area (Å²) in [4.78, 5) is 0. The van der Waals surface area contributed by atoms with Crippen LogP contribution < -0.4 is 16.2 Å². The molecule has 3 nitrogen and oxygen atoms in total. The summed E-state index contributed by atoms with van der Waals surface area (Å²) in [5.74, 6) is 0. The molecule has 0 spiro atoms. The number of halogens is 1. The molecule has 1 unspecified atom stereocenters. The van der Waals surface area contributed by atoms with Gasteiger partial charge in [0.15, 0.2) is 0 Å². The molecule has 0 bridgehead atoms. The first kappa shape index (κ1) is 13.0. The highest BCUT2D eigenvalue weighted by molar-refractivity contribution is 6.33. The molecule has 0 aromatic heterocycles. The van der Waals surface area contributed by atoms with E-state index in [1.807, 2.05) is 47.5 Å². The van der Waals surface area contributed by atoms with Crippen LogP contribution in [0.1, 0.15) is 12.5 Å². The second-order valence-electron chi connectivity index (χ2n) is 4.88. The first-order valence-corrected chi connectivity index (χ1v) is 6.90. The fourth-order valence-electron chi connectivity index (χ4n) is 2.40. The van der Waals surface area contributed by atoms with Crippen molar-refractivity contribution >= 4 is 28.5 Å². The Morgan fingerprint density at radius 1 is 1.15 bits per heavy atom. The molecule has 1 aliphatic rings. The smallest absolute Gasteiger partial charge is 0.0757 e. The Labute approximate surface area is 123 Å². The standard InChI is InChI=1S/C16H16ClN3/c1-11-14(12-5-4-6-13(18)9-12)10-20(19-11)16-8-3-2-7-15(16)17/h2-11,19H,18H2,1H3. The molecule has 1 aliphatic heterocycles. The van der Waals surface area contributed by atoms with Gasteiger partial charge in [0.25, 0.3) is 0 Å². The van der Waals surface area contributed by atoms with E-state index in [-0.39, 0.29) is 6.04 Å². The third-order valence-corrected chi connectivity index (χ3v) is 3.72. The molecule has 1 atom stereocenters. The van der Waals surface area contributed by atoms with Crippen molar-refractivity contribution in [3.63, 3.8) is 0 Å². The molecule has 3 rings (SSSR count). The fourth-order valence-corrected chi connectivity index (χ4v) is 2.62. The van der Waals surface area contributed by atoms with Crippen LogP contribution >= 0.6 is 11.6 Å². The Hall–Kier alpha value is -1.97. The molecular weight excluding hydrogens is 270 g/mol. The average Bonchev–Trinajstić information content (AvgIpc) is 2.81. The molecule has 2 aromatic carbocycles. The number of benzene rings is 2. The third-order valence-electron chi connectivity index (χ3n) is 3.40. The van der Waals surface area contributed by atoms with Gasteiger partial charge in [0.1, 0.15) is 0 Å². The van der Waals surface area contributed by atoms with Crippen LogP contribution in [0.15, 0.2) is 54.7 Å². The average molecular weight is 286 g/mol. The van der Waals surface area contributed by atoms with Crippen molar-refractivity contribution in [2.24, 2.45) is 0 Å². The van der Waals surface area contributed by atoms with E-state index in [2.05, 4.69) is 24.6 Å². The van der Waals surface area contributed by atoms with Gasteiger partial charge in [-0.15, -0.1) is 0 Å². The highest BCUT2D eigenvalue weighted by Crippen LogP contribution is 2.31. The van der Waals surface area contributed by atoms with Crippen LogP contribution in [0.2, 0.25) is 5.02 Å². The van der Waals surface area contributed by atoms with E-state index in [0.29, 0.717) is 0 Å². The Bertz CT molecular complexity index is 666. The molecule has 1 heterocycles. The van der Waals surface area contributed by atoms with E-state index < -0.39 is 0 Å². The minimum atomic E-state index is 0.202. The van der Waals surface area contributed by atoms with E-state index in [9.17, 15) is 0 Å². The van der Waals surface area contributed by atoms with E-state index in [1.54, 1.807) is 0 Å². The van der Waals surface area contributed by atoms with E-state index in [4.69, 9.17) is 17.3 Å². The number of anilines is 2. The monoisotopic (exact) mass is 285 g/mol. The van der Waals surface area contributed by atoms with Gasteiger partial charge in [-0.3, -0.25) is 5.01 Å². The quantitative estimate of drug-likeness (QED) is 0.827. The largest absolute Gasteiger partial charge is 0.399 e. The van der Waals surface area contributed by atoms with Crippen LogP contribution in [0.5, 0.6) is 0 Å². The summed E-state index contributed by atoms with van der Waals surface area (Å²) < 4.78 is 0. The molecule has 0 aliphatic carbocycles. The van der Waals surface area contributed by atoms with Crippen molar-refractivity contribution in [1.29, 1.82) is 0 Å². The maximum atomic E-state index is 6.24. The highest BCUT2D eigenvalue weighted by Gasteiger charge is 2.23. The number of hydrogen-bond donors (Lipinski definition) is 2. The molecule has 4 heteroatoms. The zero-order valence-corrected chi connectivity index (χ0v) is 11.9. The van der Waals surface area contributed by atoms with Gasteiger partial charge >= 0.3 is 0 Å². The molecule has 102 valence electrons. The minimum absolute atomic E-state index is 0.202. The number of rotatable bonds is 2. The SMILES string of the molecule is CC1NN(c2ccccc2Cl)C=C1c1cccc(N)c1. The van der Waals surface area contributed by atoms with Gasteiger partial charge in [-0.2, -0.15) is 0 Å². The maximum absolute atomic E-state index is 6.24. The first-order valence-electron chi connectivity index (χ1n) is 6.53. The van der Waals surface area contributed by atoms with Crippen molar-refractivity contribution in [3.05, 3.63) is 65.3 Å².